The van der Waals surface area contributed by atoms with Crippen LogP contribution < -0.4 is 5.32 Å². The summed E-state index contributed by atoms with van der Waals surface area (Å²) < 4.78 is 2.07. The fourth-order valence-corrected chi connectivity index (χ4v) is 2.46. The second-order valence-corrected chi connectivity index (χ2v) is 5.26. The third-order valence-electron chi connectivity index (χ3n) is 3.68. The van der Waals surface area contributed by atoms with Crippen molar-refractivity contribution in [2.45, 2.75) is 25.9 Å². The Bertz CT molecular complexity index is 727. The third kappa shape index (κ3) is 2.76. The number of carbonyl (C=O) groups is 1. The smallest absolute Gasteiger partial charge is 0.320 e. The number of rotatable bonds is 3. The molecule has 0 aliphatic carbocycles. The Hall–Kier alpha value is -2.88. The van der Waals surface area contributed by atoms with E-state index in [9.17, 15) is 4.79 Å². The van der Waals surface area contributed by atoms with E-state index < -0.39 is 0 Å². The van der Waals surface area contributed by atoms with Gasteiger partial charge in [0.15, 0.2) is 5.82 Å². The predicted molar refractivity (Wildman–Crippen MR) is 80.0 cm³/mol. The first kappa shape index (κ1) is 14.1. The number of amides is 2. The zero-order chi connectivity index (χ0) is 15.5. The molecule has 3 rings (SSSR count). The number of urea groups is 1. The van der Waals surface area contributed by atoms with Gasteiger partial charge in [-0.25, -0.2) is 4.79 Å². The number of nitriles is 1. The maximum Gasteiger partial charge on any atom is 0.321 e. The van der Waals surface area contributed by atoms with Gasteiger partial charge in [0.25, 0.3) is 0 Å². The van der Waals surface area contributed by atoms with E-state index in [1.807, 2.05) is 6.07 Å². The molecular weight excluding hydrogens is 280 g/mol. The molecule has 2 heterocycles. The minimum absolute atomic E-state index is 0.222. The van der Waals surface area contributed by atoms with Crippen LogP contribution in [0.3, 0.4) is 0 Å². The average Bonchev–Trinajstić information content (AvgIpc) is 3.13. The van der Waals surface area contributed by atoms with Gasteiger partial charge in [-0.3, -0.25) is 0 Å². The molecule has 0 unspecified atom stereocenters. The zero-order valence-corrected chi connectivity index (χ0v) is 12.3. The maximum absolute atomic E-state index is 12.2. The number of aryl methyl sites for hydroxylation is 1. The lowest BCUT2D eigenvalue weighted by Crippen LogP contribution is -2.31. The molecule has 0 atom stereocenters. The molecule has 1 aliphatic rings. The standard InChI is InChI=1S/C15H16N6O/c1-20(10-14-19-18-13-3-2-8-21(13)14)15(22)17-12-6-4-11(9-16)5-7-12/h4-7H,2-3,8,10H2,1H3,(H,17,22). The quantitative estimate of drug-likeness (QED) is 0.935. The lowest BCUT2D eigenvalue weighted by Gasteiger charge is -2.17. The van der Waals surface area contributed by atoms with Gasteiger partial charge in [0.2, 0.25) is 0 Å². The van der Waals surface area contributed by atoms with Crippen LogP contribution in [-0.2, 0) is 19.5 Å². The average molecular weight is 296 g/mol. The van der Waals surface area contributed by atoms with Crippen LogP contribution in [0, 0.1) is 11.3 Å². The first-order chi connectivity index (χ1) is 10.7. The summed E-state index contributed by atoms with van der Waals surface area (Å²) in [7, 11) is 1.72. The number of anilines is 1. The van der Waals surface area contributed by atoms with Crippen LogP contribution in [0.1, 0.15) is 23.6 Å². The number of nitrogens with zero attached hydrogens (tertiary/aromatic N) is 5. The Morgan fingerprint density at radius 1 is 1.41 bits per heavy atom. The molecule has 0 radical (unpaired) electrons. The molecule has 0 spiro atoms. The first-order valence-electron chi connectivity index (χ1n) is 7.10. The van der Waals surface area contributed by atoms with Gasteiger partial charge >= 0.3 is 6.03 Å². The Morgan fingerprint density at radius 3 is 2.91 bits per heavy atom. The van der Waals surface area contributed by atoms with Gasteiger partial charge in [0, 0.05) is 25.7 Å². The summed E-state index contributed by atoms with van der Waals surface area (Å²) in [6.45, 7) is 1.33. The van der Waals surface area contributed by atoms with Crippen molar-refractivity contribution in [1.82, 2.24) is 19.7 Å². The van der Waals surface area contributed by atoms with Gasteiger partial charge in [-0.1, -0.05) is 0 Å². The normalized spacial score (nSPS) is 12.5. The highest BCUT2D eigenvalue weighted by molar-refractivity contribution is 5.89. The van der Waals surface area contributed by atoms with Crippen LogP contribution in [0.5, 0.6) is 0 Å². The number of nitrogens with one attached hydrogen (secondary N) is 1. The molecule has 0 bridgehead atoms. The second kappa shape index (κ2) is 5.85. The first-order valence-corrected chi connectivity index (χ1v) is 7.10. The lowest BCUT2D eigenvalue weighted by molar-refractivity contribution is 0.219. The highest BCUT2D eigenvalue weighted by atomic mass is 16.2. The minimum atomic E-state index is -0.222. The number of benzene rings is 1. The largest absolute Gasteiger partial charge is 0.321 e. The summed E-state index contributed by atoms with van der Waals surface area (Å²) >= 11 is 0. The van der Waals surface area contributed by atoms with E-state index in [-0.39, 0.29) is 6.03 Å². The molecule has 0 fully saturated rings. The Labute approximate surface area is 128 Å². The van der Waals surface area contributed by atoms with E-state index >= 15 is 0 Å². The summed E-state index contributed by atoms with van der Waals surface area (Å²) in [6.07, 6.45) is 2.03. The summed E-state index contributed by atoms with van der Waals surface area (Å²) in [6, 6.07) is 8.57. The molecule has 2 aromatic rings. The van der Waals surface area contributed by atoms with Crippen molar-refractivity contribution >= 4 is 11.7 Å². The van der Waals surface area contributed by atoms with Gasteiger partial charge in [0.1, 0.15) is 5.82 Å². The van der Waals surface area contributed by atoms with Crippen LogP contribution >= 0.6 is 0 Å². The van der Waals surface area contributed by atoms with Gasteiger partial charge in [0.05, 0.1) is 18.2 Å². The highest BCUT2D eigenvalue weighted by Gasteiger charge is 2.19. The van der Waals surface area contributed by atoms with Crippen LogP contribution in [0.25, 0.3) is 0 Å². The monoisotopic (exact) mass is 296 g/mol. The molecule has 1 N–H and O–H groups in total. The Kier molecular flexibility index (Phi) is 3.74. The van der Waals surface area contributed by atoms with E-state index in [1.165, 1.54) is 0 Å². The van der Waals surface area contributed by atoms with Crippen molar-refractivity contribution in [2.24, 2.45) is 0 Å². The topological polar surface area (TPSA) is 86.8 Å². The summed E-state index contributed by atoms with van der Waals surface area (Å²) in [5, 5.41) is 19.8. The van der Waals surface area contributed by atoms with Crippen LogP contribution in [0.2, 0.25) is 0 Å². The fraction of sp³-hybridized carbons (Fsp3) is 0.333. The molecule has 1 aromatic heterocycles. The highest BCUT2D eigenvalue weighted by Crippen LogP contribution is 2.15. The molecule has 2 amide bonds. The number of fused-ring (bicyclic) bond motifs is 1. The van der Waals surface area contributed by atoms with Gasteiger partial charge in [-0.2, -0.15) is 5.26 Å². The Balaban J connectivity index is 1.62. The van der Waals surface area contributed by atoms with Crippen molar-refractivity contribution in [3.05, 3.63) is 41.5 Å². The molecule has 112 valence electrons. The van der Waals surface area contributed by atoms with E-state index in [0.29, 0.717) is 17.8 Å². The number of hydrogen-bond donors (Lipinski definition) is 1. The molecule has 0 saturated carbocycles. The van der Waals surface area contributed by atoms with Crippen LogP contribution in [0.15, 0.2) is 24.3 Å². The SMILES string of the molecule is CN(Cc1nnc2n1CCC2)C(=O)Nc1ccc(C#N)cc1. The lowest BCUT2D eigenvalue weighted by atomic mass is 10.2. The number of aromatic nitrogens is 3. The maximum atomic E-state index is 12.2. The molecule has 7 heteroatoms. The molecule has 0 saturated heterocycles. The fourth-order valence-electron chi connectivity index (χ4n) is 2.46. The van der Waals surface area contributed by atoms with E-state index in [2.05, 4.69) is 20.1 Å². The Morgan fingerprint density at radius 2 is 2.18 bits per heavy atom. The zero-order valence-electron chi connectivity index (χ0n) is 12.3. The van der Waals surface area contributed by atoms with E-state index in [0.717, 1.165) is 31.0 Å². The number of carbonyl (C=O) groups excluding carboxylic acids is 1. The van der Waals surface area contributed by atoms with Crippen molar-refractivity contribution in [2.75, 3.05) is 12.4 Å². The molecule has 1 aromatic carbocycles. The molecule has 1 aliphatic heterocycles. The van der Waals surface area contributed by atoms with Gasteiger partial charge in [-0.15, -0.1) is 10.2 Å². The summed E-state index contributed by atoms with van der Waals surface area (Å²) in [4.78, 5) is 13.7. The summed E-state index contributed by atoms with van der Waals surface area (Å²) in [5.41, 5.74) is 1.22. The molecule has 7 nitrogen and oxygen atoms in total. The van der Waals surface area contributed by atoms with Crippen LogP contribution in [-0.4, -0.2) is 32.7 Å². The number of hydrogen-bond acceptors (Lipinski definition) is 4. The van der Waals surface area contributed by atoms with Crippen molar-refractivity contribution < 1.29 is 4.79 Å². The van der Waals surface area contributed by atoms with E-state index in [4.69, 9.17) is 5.26 Å². The van der Waals surface area contributed by atoms with Crippen molar-refractivity contribution in [3.8, 4) is 6.07 Å². The van der Waals surface area contributed by atoms with Crippen molar-refractivity contribution in [3.63, 3.8) is 0 Å². The predicted octanol–water partition coefficient (Wildman–Crippen LogP) is 1.76. The van der Waals surface area contributed by atoms with Gasteiger partial charge < -0.3 is 14.8 Å². The van der Waals surface area contributed by atoms with Crippen molar-refractivity contribution in [1.29, 1.82) is 5.26 Å². The second-order valence-electron chi connectivity index (χ2n) is 5.26. The van der Waals surface area contributed by atoms with Crippen LogP contribution in [0.4, 0.5) is 10.5 Å². The summed E-state index contributed by atoms with van der Waals surface area (Å²) in [5.74, 6) is 1.81. The van der Waals surface area contributed by atoms with E-state index in [1.54, 1.807) is 36.2 Å². The molecule has 22 heavy (non-hydrogen) atoms. The third-order valence-corrected chi connectivity index (χ3v) is 3.68. The van der Waals surface area contributed by atoms with Gasteiger partial charge in [-0.05, 0) is 30.7 Å². The minimum Gasteiger partial charge on any atom is -0.320 e. The molecular formula is C15H16N6O.